The van der Waals surface area contributed by atoms with E-state index in [2.05, 4.69) is 41.6 Å². The van der Waals surface area contributed by atoms with Crippen molar-refractivity contribution in [1.29, 1.82) is 0 Å². The Morgan fingerprint density at radius 2 is 2.00 bits per heavy atom. The molecule has 1 saturated carbocycles. The van der Waals surface area contributed by atoms with E-state index in [1.807, 2.05) is 0 Å². The van der Waals surface area contributed by atoms with Gasteiger partial charge in [-0.25, -0.2) is 4.79 Å². The number of hydrogen-bond donors (Lipinski definition) is 3. The van der Waals surface area contributed by atoms with Gasteiger partial charge in [-0.1, -0.05) is 51.4 Å². The summed E-state index contributed by atoms with van der Waals surface area (Å²) in [5.74, 6) is 0.146. The first-order valence-electron chi connectivity index (χ1n) is 7.92. The van der Waals surface area contributed by atoms with Crippen molar-refractivity contribution in [3.8, 4) is 0 Å². The van der Waals surface area contributed by atoms with Crippen LogP contribution in [-0.4, -0.2) is 34.0 Å². The molecule has 1 aromatic rings. The summed E-state index contributed by atoms with van der Waals surface area (Å²) >= 11 is 1.40. The highest BCUT2D eigenvalue weighted by molar-refractivity contribution is 7.15. The molecule has 3 N–H and O–H groups in total. The second-order valence-corrected chi connectivity index (χ2v) is 7.93. The first-order valence-corrected chi connectivity index (χ1v) is 8.74. The molecular weight excluding hydrogens is 300 g/mol. The number of anilines is 1. The number of aromatic nitrogens is 2. The fraction of sp³-hybridized carbons (Fsp3) is 0.800. The Balaban J connectivity index is 1.93. The van der Waals surface area contributed by atoms with Crippen LogP contribution in [0.5, 0.6) is 0 Å². The lowest BCUT2D eigenvalue weighted by molar-refractivity contribution is 0.182. The summed E-state index contributed by atoms with van der Waals surface area (Å²) in [6, 6.07) is -0.232. The Kier molecular flexibility index (Phi) is 5.74. The molecule has 0 spiro atoms. The Morgan fingerprint density at radius 1 is 1.27 bits per heavy atom. The molecular formula is C15H26N4O2S. The molecule has 2 rings (SSSR count). The van der Waals surface area contributed by atoms with Gasteiger partial charge in [0.2, 0.25) is 5.13 Å². The van der Waals surface area contributed by atoms with Crippen molar-refractivity contribution in [2.24, 2.45) is 5.92 Å². The highest BCUT2D eigenvalue weighted by atomic mass is 32.1. The Labute approximate surface area is 135 Å². The van der Waals surface area contributed by atoms with Gasteiger partial charge >= 0.3 is 6.03 Å². The van der Waals surface area contributed by atoms with Crippen LogP contribution in [0.2, 0.25) is 0 Å². The van der Waals surface area contributed by atoms with E-state index in [0.717, 1.165) is 30.7 Å². The van der Waals surface area contributed by atoms with Crippen LogP contribution >= 0.6 is 11.3 Å². The number of nitrogens with one attached hydrogen (secondary N) is 2. The minimum Gasteiger partial charge on any atom is -0.396 e. The van der Waals surface area contributed by atoms with Gasteiger partial charge in [-0.05, 0) is 12.8 Å². The van der Waals surface area contributed by atoms with Crippen LogP contribution in [0.1, 0.15) is 57.9 Å². The van der Waals surface area contributed by atoms with Gasteiger partial charge in [0, 0.05) is 24.0 Å². The molecule has 6 nitrogen and oxygen atoms in total. The van der Waals surface area contributed by atoms with Crippen molar-refractivity contribution in [2.75, 3.05) is 11.9 Å². The zero-order valence-corrected chi connectivity index (χ0v) is 14.4. The smallest absolute Gasteiger partial charge is 0.321 e. The van der Waals surface area contributed by atoms with Crippen molar-refractivity contribution < 1.29 is 9.90 Å². The third kappa shape index (κ3) is 4.64. The summed E-state index contributed by atoms with van der Waals surface area (Å²) in [6.07, 6.45) is 5.27. The van der Waals surface area contributed by atoms with E-state index in [1.165, 1.54) is 17.8 Å². The number of carbonyl (C=O) groups excluding carboxylic acids is 1. The first kappa shape index (κ1) is 17.1. The Bertz CT molecular complexity index is 498. The van der Waals surface area contributed by atoms with Crippen molar-refractivity contribution in [3.63, 3.8) is 0 Å². The predicted molar refractivity (Wildman–Crippen MR) is 88.2 cm³/mol. The number of urea groups is 1. The molecule has 0 aliphatic heterocycles. The third-order valence-corrected chi connectivity index (χ3v) is 5.26. The predicted octanol–water partition coefficient (Wildman–Crippen LogP) is 2.90. The maximum atomic E-state index is 12.1. The monoisotopic (exact) mass is 326 g/mol. The summed E-state index contributed by atoms with van der Waals surface area (Å²) in [5.41, 5.74) is -0.0721. The number of carbonyl (C=O) groups is 1. The molecule has 1 aliphatic rings. The number of aliphatic hydroxyl groups is 1. The molecule has 0 saturated heterocycles. The van der Waals surface area contributed by atoms with E-state index in [1.54, 1.807) is 0 Å². The van der Waals surface area contributed by atoms with Gasteiger partial charge < -0.3 is 10.4 Å². The molecule has 1 aliphatic carbocycles. The van der Waals surface area contributed by atoms with Gasteiger partial charge in [-0.2, -0.15) is 0 Å². The summed E-state index contributed by atoms with van der Waals surface area (Å²) in [4.78, 5) is 12.1. The van der Waals surface area contributed by atoms with E-state index < -0.39 is 0 Å². The van der Waals surface area contributed by atoms with E-state index in [0.29, 0.717) is 5.13 Å². The van der Waals surface area contributed by atoms with Gasteiger partial charge in [0.05, 0.1) is 0 Å². The lowest BCUT2D eigenvalue weighted by atomic mass is 9.96. The summed E-state index contributed by atoms with van der Waals surface area (Å²) in [5, 5.41) is 24.8. The van der Waals surface area contributed by atoms with Gasteiger partial charge in [-0.3, -0.25) is 5.32 Å². The molecule has 1 fully saturated rings. The minimum atomic E-state index is -0.262. The van der Waals surface area contributed by atoms with Crippen molar-refractivity contribution >= 4 is 22.5 Å². The van der Waals surface area contributed by atoms with Crippen molar-refractivity contribution in [1.82, 2.24) is 15.5 Å². The van der Waals surface area contributed by atoms with Crippen LogP contribution in [0.25, 0.3) is 0 Å². The van der Waals surface area contributed by atoms with Crippen LogP contribution in [0.15, 0.2) is 0 Å². The zero-order chi connectivity index (χ0) is 16.2. The summed E-state index contributed by atoms with van der Waals surface area (Å²) in [6.45, 7) is 6.32. The normalized spacial score (nSPS) is 22.9. The molecule has 2 atom stereocenters. The molecule has 2 unspecified atom stereocenters. The Morgan fingerprint density at radius 3 is 2.64 bits per heavy atom. The molecule has 1 aromatic heterocycles. The van der Waals surface area contributed by atoms with Crippen LogP contribution < -0.4 is 10.6 Å². The largest absolute Gasteiger partial charge is 0.396 e. The van der Waals surface area contributed by atoms with E-state index in [9.17, 15) is 9.90 Å². The average Bonchev–Trinajstić information content (AvgIpc) is 2.79. The standard InChI is InChI=1S/C15H26N4O2S/c1-15(2,3)12-18-19-14(22-12)17-13(21)16-11-8-6-4-5-7-10(11)9-20/h10-11,20H,4-9H2,1-3H3,(H2,16,17,19,21). The summed E-state index contributed by atoms with van der Waals surface area (Å²) < 4.78 is 0. The van der Waals surface area contributed by atoms with E-state index in [4.69, 9.17) is 0 Å². The molecule has 0 bridgehead atoms. The quantitative estimate of drug-likeness (QED) is 0.745. The van der Waals surface area contributed by atoms with E-state index in [-0.39, 0.29) is 30.0 Å². The molecule has 124 valence electrons. The maximum absolute atomic E-state index is 12.1. The minimum absolute atomic E-state index is 0.0301. The summed E-state index contributed by atoms with van der Waals surface area (Å²) in [7, 11) is 0. The van der Waals surface area contributed by atoms with Crippen LogP contribution in [0.3, 0.4) is 0 Å². The zero-order valence-electron chi connectivity index (χ0n) is 13.6. The highest BCUT2D eigenvalue weighted by Crippen LogP contribution is 2.28. The van der Waals surface area contributed by atoms with Crippen LogP contribution in [-0.2, 0) is 5.41 Å². The molecule has 7 heteroatoms. The molecule has 1 heterocycles. The average molecular weight is 326 g/mol. The van der Waals surface area contributed by atoms with Crippen LogP contribution in [0, 0.1) is 5.92 Å². The SMILES string of the molecule is CC(C)(C)c1nnc(NC(=O)NC2CCCCCC2CO)s1. The second kappa shape index (κ2) is 7.37. The fourth-order valence-corrected chi connectivity index (χ4v) is 3.47. The third-order valence-electron chi connectivity index (χ3n) is 4.00. The number of amides is 2. The van der Waals surface area contributed by atoms with Crippen molar-refractivity contribution in [2.45, 2.75) is 64.3 Å². The van der Waals surface area contributed by atoms with Gasteiger partial charge in [0.15, 0.2) is 0 Å². The highest BCUT2D eigenvalue weighted by Gasteiger charge is 2.25. The van der Waals surface area contributed by atoms with E-state index >= 15 is 0 Å². The number of aliphatic hydroxyl groups excluding tert-OH is 1. The lowest BCUT2D eigenvalue weighted by Crippen LogP contribution is -2.43. The van der Waals surface area contributed by atoms with Gasteiger partial charge in [-0.15, -0.1) is 10.2 Å². The molecule has 22 heavy (non-hydrogen) atoms. The number of nitrogens with zero attached hydrogens (tertiary/aromatic N) is 2. The Hall–Kier alpha value is -1.21. The molecule has 0 aromatic carbocycles. The van der Waals surface area contributed by atoms with Crippen molar-refractivity contribution in [3.05, 3.63) is 5.01 Å². The van der Waals surface area contributed by atoms with Gasteiger partial charge in [0.25, 0.3) is 0 Å². The topological polar surface area (TPSA) is 87.1 Å². The van der Waals surface area contributed by atoms with Crippen LogP contribution in [0.4, 0.5) is 9.93 Å². The fourth-order valence-electron chi connectivity index (χ4n) is 2.67. The first-order chi connectivity index (χ1) is 10.4. The lowest BCUT2D eigenvalue weighted by Gasteiger charge is -2.24. The molecule has 2 amide bonds. The number of rotatable bonds is 3. The number of hydrogen-bond acceptors (Lipinski definition) is 5. The second-order valence-electron chi connectivity index (χ2n) is 6.95. The maximum Gasteiger partial charge on any atom is 0.321 e. The van der Waals surface area contributed by atoms with Gasteiger partial charge in [0.1, 0.15) is 5.01 Å². The molecule has 0 radical (unpaired) electrons.